The molecule has 3 aromatic heterocycles. The molecule has 0 aliphatic carbocycles. The molecule has 0 atom stereocenters. The fourth-order valence-electron chi connectivity index (χ4n) is 2.97. The molecule has 4 heterocycles. The van der Waals surface area contributed by atoms with E-state index in [2.05, 4.69) is 30.2 Å². The van der Waals surface area contributed by atoms with Crippen LogP contribution in [0.15, 0.2) is 37.2 Å². The smallest absolute Gasteiger partial charge is 0.253 e. The first-order valence-corrected chi connectivity index (χ1v) is 7.91. The largest absolute Gasteiger partial charge is 0.365 e. The molecule has 8 nitrogen and oxygen atoms in total. The lowest BCUT2D eigenvalue weighted by molar-refractivity contribution is 0.0718. The number of imidazole rings is 1. The van der Waals surface area contributed by atoms with Gasteiger partial charge in [0.1, 0.15) is 11.8 Å². The monoisotopic (exact) mass is 323 g/mol. The van der Waals surface area contributed by atoms with Gasteiger partial charge in [0, 0.05) is 37.1 Å². The van der Waals surface area contributed by atoms with Crippen LogP contribution in [0.25, 0.3) is 11.2 Å². The van der Waals surface area contributed by atoms with E-state index in [1.807, 2.05) is 4.90 Å². The van der Waals surface area contributed by atoms with Gasteiger partial charge in [-0.3, -0.25) is 9.78 Å². The second-order valence-electron chi connectivity index (χ2n) is 5.77. The molecule has 0 aromatic carbocycles. The maximum absolute atomic E-state index is 12.4. The molecule has 122 valence electrons. The van der Waals surface area contributed by atoms with Crippen molar-refractivity contribution in [1.82, 2.24) is 29.8 Å². The third kappa shape index (κ3) is 2.78. The molecule has 1 aliphatic heterocycles. The summed E-state index contributed by atoms with van der Waals surface area (Å²) < 4.78 is 0. The van der Waals surface area contributed by atoms with E-state index in [0.29, 0.717) is 11.2 Å². The van der Waals surface area contributed by atoms with Crippen molar-refractivity contribution in [2.75, 3.05) is 18.4 Å². The van der Waals surface area contributed by atoms with E-state index in [4.69, 9.17) is 0 Å². The third-order valence-electron chi connectivity index (χ3n) is 4.27. The average Bonchev–Trinajstić information content (AvgIpc) is 3.12. The second-order valence-corrected chi connectivity index (χ2v) is 5.77. The summed E-state index contributed by atoms with van der Waals surface area (Å²) >= 11 is 0. The van der Waals surface area contributed by atoms with Crippen LogP contribution >= 0.6 is 0 Å². The van der Waals surface area contributed by atoms with Crippen LogP contribution in [0.1, 0.15) is 23.2 Å². The molecule has 1 amide bonds. The Morgan fingerprint density at radius 1 is 1.17 bits per heavy atom. The maximum Gasteiger partial charge on any atom is 0.253 e. The SMILES string of the molecule is O=C(c1ccncc1)N1CCC(Nc2ncnc3nc[nH]c23)CC1. The zero-order chi connectivity index (χ0) is 16.4. The molecule has 1 fully saturated rings. The van der Waals surface area contributed by atoms with Crippen molar-refractivity contribution in [3.8, 4) is 0 Å². The Morgan fingerprint density at radius 3 is 2.75 bits per heavy atom. The van der Waals surface area contributed by atoms with E-state index in [0.717, 1.165) is 37.3 Å². The third-order valence-corrected chi connectivity index (χ3v) is 4.27. The number of carbonyl (C=O) groups is 1. The molecule has 1 saturated heterocycles. The fraction of sp³-hybridized carbons (Fsp3) is 0.312. The molecule has 24 heavy (non-hydrogen) atoms. The second kappa shape index (κ2) is 6.23. The van der Waals surface area contributed by atoms with E-state index in [1.165, 1.54) is 6.33 Å². The first kappa shape index (κ1) is 14.6. The summed E-state index contributed by atoms with van der Waals surface area (Å²) in [7, 11) is 0. The Bertz CT molecular complexity index is 840. The topological polar surface area (TPSA) is 99.7 Å². The Hall–Kier alpha value is -3.03. The van der Waals surface area contributed by atoms with Crippen molar-refractivity contribution < 1.29 is 4.79 Å². The van der Waals surface area contributed by atoms with Crippen molar-refractivity contribution in [1.29, 1.82) is 0 Å². The highest BCUT2D eigenvalue weighted by Gasteiger charge is 2.24. The normalized spacial score (nSPS) is 15.6. The zero-order valence-corrected chi connectivity index (χ0v) is 13.0. The molecule has 0 unspecified atom stereocenters. The quantitative estimate of drug-likeness (QED) is 0.757. The van der Waals surface area contributed by atoms with E-state index in [1.54, 1.807) is 30.9 Å². The van der Waals surface area contributed by atoms with Crippen molar-refractivity contribution >= 4 is 22.9 Å². The Balaban J connectivity index is 1.40. The number of aromatic nitrogens is 5. The van der Waals surface area contributed by atoms with Crippen LogP contribution in [0.5, 0.6) is 0 Å². The van der Waals surface area contributed by atoms with Crippen LogP contribution in [0.3, 0.4) is 0 Å². The zero-order valence-electron chi connectivity index (χ0n) is 13.0. The number of anilines is 1. The summed E-state index contributed by atoms with van der Waals surface area (Å²) in [6.07, 6.45) is 8.15. The van der Waals surface area contributed by atoms with Crippen LogP contribution in [0.4, 0.5) is 5.82 Å². The fourth-order valence-corrected chi connectivity index (χ4v) is 2.97. The highest BCUT2D eigenvalue weighted by Crippen LogP contribution is 2.20. The van der Waals surface area contributed by atoms with Crippen molar-refractivity contribution in [2.45, 2.75) is 18.9 Å². The molecular formula is C16H17N7O. The first-order chi connectivity index (χ1) is 11.8. The standard InChI is InChI=1S/C16H17N7O/c24-16(11-1-5-17-6-2-11)23-7-3-12(4-8-23)22-15-13-14(19-9-18-13)20-10-21-15/h1-2,5-6,9-10,12H,3-4,7-8H2,(H2,18,19,20,21,22). The molecular weight excluding hydrogens is 306 g/mol. The summed E-state index contributed by atoms with van der Waals surface area (Å²) in [6.45, 7) is 1.44. The number of nitrogens with zero attached hydrogens (tertiary/aromatic N) is 5. The van der Waals surface area contributed by atoms with E-state index in [-0.39, 0.29) is 11.9 Å². The van der Waals surface area contributed by atoms with Gasteiger partial charge in [0.25, 0.3) is 5.91 Å². The van der Waals surface area contributed by atoms with Crippen LogP contribution in [-0.2, 0) is 0 Å². The van der Waals surface area contributed by atoms with Gasteiger partial charge in [-0.15, -0.1) is 0 Å². The number of piperidine rings is 1. The highest BCUT2D eigenvalue weighted by molar-refractivity contribution is 5.94. The average molecular weight is 323 g/mol. The van der Waals surface area contributed by atoms with Crippen LogP contribution in [0.2, 0.25) is 0 Å². The van der Waals surface area contributed by atoms with E-state index < -0.39 is 0 Å². The minimum Gasteiger partial charge on any atom is -0.365 e. The lowest BCUT2D eigenvalue weighted by Gasteiger charge is -2.32. The number of amides is 1. The van der Waals surface area contributed by atoms with Gasteiger partial charge in [0.05, 0.1) is 6.33 Å². The van der Waals surface area contributed by atoms with Gasteiger partial charge in [0.2, 0.25) is 0 Å². The molecule has 0 saturated carbocycles. The van der Waals surface area contributed by atoms with Crippen LogP contribution in [0, 0.1) is 0 Å². The molecule has 3 aromatic rings. The van der Waals surface area contributed by atoms with E-state index >= 15 is 0 Å². The van der Waals surface area contributed by atoms with Gasteiger partial charge in [-0.2, -0.15) is 0 Å². The molecule has 0 radical (unpaired) electrons. The minimum atomic E-state index is 0.0637. The molecule has 1 aliphatic rings. The lowest BCUT2D eigenvalue weighted by Crippen LogP contribution is -2.42. The summed E-state index contributed by atoms with van der Waals surface area (Å²) in [5.74, 6) is 0.824. The van der Waals surface area contributed by atoms with Crippen LogP contribution in [-0.4, -0.2) is 54.9 Å². The summed E-state index contributed by atoms with van der Waals surface area (Å²) in [6, 6.07) is 3.78. The van der Waals surface area contributed by atoms with E-state index in [9.17, 15) is 4.79 Å². The Morgan fingerprint density at radius 2 is 1.96 bits per heavy atom. The predicted molar refractivity (Wildman–Crippen MR) is 88.5 cm³/mol. The van der Waals surface area contributed by atoms with Gasteiger partial charge < -0.3 is 15.2 Å². The first-order valence-electron chi connectivity index (χ1n) is 7.91. The number of carbonyl (C=O) groups excluding carboxylic acids is 1. The predicted octanol–water partition coefficient (Wildman–Crippen LogP) is 1.46. The Kier molecular flexibility index (Phi) is 3.78. The molecule has 0 spiro atoms. The maximum atomic E-state index is 12.4. The van der Waals surface area contributed by atoms with Gasteiger partial charge in [0.15, 0.2) is 11.5 Å². The number of pyridine rings is 1. The molecule has 0 bridgehead atoms. The van der Waals surface area contributed by atoms with Gasteiger partial charge in [-0.25, -0.2) is 15.0 Å². The van der Waals surface area contributed by atoms with Crippen molar-refractivity contribution in [3.63, 3.8) is 0 Å². The summed E-state index contributed by atoms with van der Waals surface area (Å²) in [5, 5.41) is 3.44. The van der Waals surface area contributed by atoms with Crippen molar-refractivity contribution in [3.05, 3.63) is 42.7 Å². The number of H-pyrrole nitrogens is 1. The number of hydrogen-bond acceptors (Lipinski definition) is 6. The number of aromatic amines is 1. The molecule has 2 N–H and O–H groups in total. The summed E-state index contributed by atoms with van der Waals surface area (Å²) in [5.41, 5.74) is 2.15. The van der Waals surface area contributed by atoms with Crippen LogP contribution < -0.4 is 5.32 Å². The number of hydrogen-bond donors (Lipinski definition) is 2. The number of likely N-dealkylation sites (tertiary alicyclic amines) is 1. The number of nitrogens with one attached hydrogen (secondary N) is 2. The summed E-state index contributed by atoms with van der Waals surface area (Å²) in [4.78, 5) is 33.9. The molecule has 8 heteroatoms. The molecule has 4 rings (SSSR count). The minimum absolute atomic E-state index is 0.0637. The number of rotatable bonds is 3. The van der Waals surface area contributed by atoms with Crippen molar-refractivity contribution in [2.24, 2.45) is 0 Å². The van der Waals surface area contributed by atoms with Gasteiger partial charge >= 0.3 is 0 Å². The van der Waals surface area contributed by atoms with Gasteiger partial charge in [-0.1, -0.05) is 0 Å². The lowest BCUT2D eigenvalue weighted by atomic mass is 10.0. The Labute approximate surface area is 138 Å². The number of fused-ring (bicyclic) bond motifs is 1. The van der Waals surface area contributed by atoms with Gasteiger partial charge in [-0.05, 0) is 25.0 Å². The highest BCUT2D eigenvalue weighted by atomic mass is 16.2.